The molecule has 0 bridgehead atoms. The maximum absolute atomic E-state index is 13.1. The number of hydrogen-bond donors (Lipinski definition) is 2. The van der Waals surface area contributed by atoms with E-state index >= 15 is 0 Å². The van der Waals surface area contributed by atoms with Crippen molar-refractivity contribution in [2.45, 2.75) is 25.8 Å². The predicted octanol–water partition coefficient (Wildman–Crippen LogP) is 1.79. The van der Waals surface area contributed by atoms with Crippen molar-refractivity contribution in [1.82, 2.24) is 15.2 Å². The highest BCUT2D eigenvalue weighted by Gasteiger charge is 2.28. The number of amides is 2. The van der Waals surface area contributed by atoms with Gasteiger partial charge in [-0.3, -0.25) is 9.78 Å². The monoisotopic (exact) mass is 295 g/mol. The third-order valence-electron chi connectivity index (χ3n) is 3.62. The largest absolute Gasteiger partial charge is 0.481 e. The highest BCUT2D eigenvalue weighted by atomic mass is 19.1. The van der Waals surface area contributed by atoms with Gasteiger partial charge in [-0.15, -0.1) is 0 Å². The molecule has 1 saturated heterocycles. The zero-order chi connectivity index (χ0) is 15.4. The Labute approximate surface area is 122 Å². The van der Waals surface area contributed by atoms with Crippen LogP contribution in [-0.2, 0) is 4.79 Å². The minimum absolute atomic E-state index is 0.204. The number of pyridine rings is 1. The molecule has 1 aliphatic rings. The first-order valence-electron chi connectivity index (χ1n) is 6.86. The number of likely N-dealkylation sites (tertiary alicyclic amines) is 1. The van der Waals surface area contributed by atoms with Gasteiger partial charge in [0.25, 0.3) is 0 Å². The molecule has 1 aromatic heterocycles. The van der Waals surface area contributed by atoms with E-state index in [9.17, 15) is 14.0 Å². The highest BCUT2D eigenvalue weighted by molar-refractivity contribution is 5.76. The average Bonchev–Trinajstić information content (AvgIpc) is 2.47. The van der Waals surface area contributed by atoms with Gasteiger partial charge in [0.1, 0.15) is 5.82 Å². The van der Waals surface area contributed by atoms with Crippen molar-refractivity contribution in [3.8, 4) is 0 Å². The number of carbonyl (C=O) groups is 2. The number of nitrogens with zero attached hydrogens (tertiary/aromatic N) is 2. The zero-order valence-corrected chi connectivity index (χ0v) is 11.8. The van der Waals surface area contributed by atoms with E-state index in [4.69, 9.17) is 5.11 Å². The van der Waals surface area contributed by atoms with Crippen LogP contribution >= 0.6 is 0 Å². The topological polar surface area (TPSA) is 82.5 Å². The van der Waals surface area contributed by atoms with Crippen LogP contribution in [-0.4, -0.2) is 40.1 Å². The quantitative estimate of drug-likeness (QED) is 0.890. The first-order valence-corrected chi connectivity index (χ1v) is 6.86. The molecule has 1 fully saturated rings. The summed E-state index contributed by atoms with van der Waals surface area (Å²) in [6.07, 6.45) is 3.84. The lowest BCUT2D eigenvalue weighted by atomic mass is 9.98. The molecule has 114 valence electrons. The first-order chi connectivity index (χ1) is 9.97. The molecule has 2 heterocycles. The average molecular weight is 295 g/mol. The van der Waals surface area contributed by atoms with Crippen LogP contribution < -0.4 is 5.32 Å². The van der Waals surface area contributed by atoms with Gasteiger partial charge < -0.3 is 15.3 Å². The van der Waals surface area contributed by atoms with Gasteiger partial charge in [-0.2, -0.15) is 0 Å². The maximum atomic E-state index is 13.1. The van der Waals surface area contributed by atoms with Gasteiger partial charge in [0.15, 0.2) is 0 Å². The minimum atomic E-state index is -0.880. The molecule has 0 aliphatic carbocycles. The van der Waals surface area contributed by atoms with E-state index in [1.807, 2.05) is 0 Å². The summed E-state index contributed by atoms with van der Waals surface area (Å²) in [5.41, 5.74) is 0.565. The number of carbonyl (C=O) groups excluding carboxylic acids is 1. The number of carboxylic acid groups (broad SMARTS) is 1. The summed E-state index contributed by atoms with van der Waals surface area (Å²) in [5, 5.41) is 11.8. The van der Waals surface area contributed by atoms with Crippen LogP contribution in [0.1, 0.15) is 31.4 Å². The molecule has 6 nitrogen and oxygen atoms in total. The van der Waals surface area contributed by atoms with Gasteiger partial charge in [0.2, 0.25) is 0 Å². The number of carboxylic acids is 1. The summed E-state index contributed by atoms with van der Waals surface area (Å²) in [6, 6.07) is 0.581. The van der Waals surface area contributed by atoms with Gasteiger partial charge in [0, 0.05) is 19.3 Å². The molecule has 0 saturated carbocycles. The Bertz CT molecular complexity index is 538. The second-order valence-corrected chi connectivity index (χ2v) is 5.23. The Kier molecular flexibility index (Phi) is 4.72. The second-order valence-electron chi connectivity index (χ2n) is 5.23. The summed E-state index contributed by atoms with van der Waals surface area (Å²) in [4.78, 5) is 28.4. The van der Waals surface area contributed by atoms with Crippen molar-refractivity contribution >= 4 is 12.0 Å². The number of urea groups is 1. The van der Waals surface area contributed by atoms with Gasteiger partial charge in [-0.25, -0.2) is 9.18 Å². The Morgan fingerprint density at radius 1 is 1.52 bits per heavy atom. The van der Waals surface area contributed by atoms with E-state index in [1.54, 1.807) is 6.92 Å². The fourth-order valence-electron chi connectivity index (χ4n) is 2.39. The maximum Gasteiger partial charge on any atom is 0.317 e. The fourth-order valence-corrected chi connectivity index (χ4v) is 2.39. The smallest absolute Gasteiger partial charge is 0.317 e. The third kappa shape index (κ3) is 3.90. The van der Waals surface area contributed by atoms with E-state index in [0.717, 1.165) is 6.20 Å². The molecule has 21 heavy (non-hydrogen) atoms. The molecule has 2 atom stereocenters. The Balaban J connectivity index is 1.96. The Morgan fingerprint density at radius 2 is 2.29 bits per heavy atom. The molecular weight excluding hydrogens is 277 g/mol. The van der Waals surface area contributed by atoms with Gasteiger partial charge in [-0.05, 0) is 31.4 Å². The van der Waals surface area contributed by atoms with Crippen LogP contribution in [0.15, 0.2) is 18.5 Å². The zero-order valence-electron chi connectivity index (χ0n) is 11.8. The Hall–Kier alpha value is -2.18. The number of rotatable bonds is 3. The molecule has 1 aromatic rings. The third-order valence-corrected chi connectivity index (χ3v) is 3.62. The number of aromatic nitrogens is 1. The van der Waals surface area contributed by atoms with Crippen LogP contribution in [0.25, 0.3) is 0 Å². The minimum Gasteiger partial charge on any atom is -0.481 e. The van der Waals surface area contributed by atoms with Crippen molar-refractivity contribution < 1.29 is 19.1 Å². The lowest BCUT2D eigenvalue weighted by Gasteiger charge is -2.31. The Morgan fingerprint density at radius 3 is 2.95 bits per heavy atom. The predicted molar refractivity (Wildman–Crippen MR) is 73.1 cm³/mol. The van der Waals surface area contributed by atoms with Crippen LogP contribution in [0.2, 0.25) is 0 Å². The second kappa shape index (κ2) is 6.51. The molecule has 1 unspecified atom stereocenters. The van der Waals surface area contributed by atoms with Crippen molar-refractivity contribution in [3.63, 3.8) is 0 Å². The van der Waals surface area contributed by atoms with Crippen molar-refractivity contribution in [3.05, 3.63) is 29.8 Å². The summed E-state index contributed by atoms with van der Waals surface area (Å²) in [7, 11) is 0. The first kappa shape index (κ1) is 15.2. The highest BCUT2D eigenvalue weighted by Crippen LogP contribution is 2.18. The molecule has 7 heteroatoms. The van der Waals surface area contributed by atoms with E-state index in [1.165, 1.54) is 17.2 Å². The molecule has 2 N–H and O–H groups in total. The number of nitrogens with one attached hydrogen (secondary N) is 1. The number of hydrogen-bond acceptors (Lipinski definition) is 3. The number of halogens is 1. The lowest BCUT2D eigenvalue weighted by molar-refractivity contribution is -0.143. The number of aliphatic carboxylic acids is 1. The fraction of sp³-hybridized carbons (Fsp3) is 0.500. The van der Waals surface area contributed by atoms with E-state index < -0.39 is 23.7 Å². The summed E-state index contributed by atoms with van der Waals surface area (Å²) in [6.45, 7) is 2.46. The molecule has 0 radical (unpaired) electrons. The summed E-state index contributed by atoms with van der Waals surface area (Å²) < 4.78 is 13.1. The standard InChI is InChI=1S/C14H18FN3O3/c1-9(11-5-12(15)7-16-6-11)17-14(21)18-4-2-3-10(8-18)13(19)20/h5-7,9-10H,2-4,8H2,1H3,(H,17,21)(H,19,20)/t9-,10?/m0/s1. The molecule has 2 rings (SSSR count). The number of piperidine rings is 1. The summed E-state index contributed by atoms with van der Waals surface area (Å²) in [5.74, 6) is -1.86. The van der Waals surface area contributed by atoms with Crippen molar-refractivity contribution in [2.24, 2.45) is 5.92 Å². The SMILES string of the molecule is C[C@H](NC(=O)N1CCCC(C(=O)O)C1)c1cncc(F)c1. The van der Waals surface area contributed by atoms with Crippen LogP contribution in [0.3, 0.4) is 0 Å². The van der Waals surface area contributed by atoms with Gasteiger partial charge in [-0.1, -0.05) is 0 Å². The molecule has 0 spiro atoms. The molecule has 1 aliphatic heterocycles. The van der Waals surface area contributed by atoms with Crippen LogP contribution in [0, 0.1) is 11.7 Å². The normalized spacial score (nSPS) is 19.9. The lowest BCUT2D eigenvalue weighted by Crippen LogP contribution is -2.47. The van der Waals surface area contributed by atoms with Gasteiger partial charge in [0.05, 0.1) is 18.2 Å². The van der Waals surface area contributed by atoms with E-state index in [-0.39, 0.29) is 12.6 Å². The van der Waals surface area contributed by atoms with Crippen molar-refractivity contribution in [1.29, 1.82) is 0 Å². The van der Waals surface area contributed by atoms with Gasteiger partial charge >= 0.3 is 12.0 Å². The van der Waals surface area contributed by atoms with E-state index in [2.05, 4.69) is 10.3 Å². The molecule has 2 amide bonds. The van der Waals surface area contributed by atoms with Crippen molar-refractivity contribution in [2.75, 3.05) is 13.1 Å². The summed E-state index contributed by atoms with van der Waals surface area (Å²) >= 11 is 0. The van der Waals surface area contributed by atoms with Crippen LogP contribution in [0.5, 0.6) is 0 Å². The molecule has 0 aromatic carbocycles. The molecular formula is C14H18FN3O3. The van der Waals surface area contributed by atoms with E-state index in [0.29, 0.717) is 24.9 Å². The van der Waals surface area contributed by atoms with Crippen LogP contribution in [0.4, 0.5) is 9.18 Å².